The maximum Gasteiger partial charge on any atom is 0.408 e. The summed E-state index contributed by atoms with van der Waals surface area (Å²) in [4.78, 5) is 43.3. The molecule has 0 aliphatic carbocycles. The van der Waals surface area contributed by atoms with Crippen molar-refractivity contribution in [1.82, 2.24) is 10.2 Å². The standard InChI is InChI=1S/C34H50ClN3O4S/c1-9-10-11-12-13-20-38(32(40)28(19-21-43-8)36-33(41)42-34(5,6)7)30(26-18-17-23(2)22-25(26)4)31(39)37-29-24(3)15-14-16-27(29)35/h14-18,22,28,30H,9-13,19-21H2,1-8H3,(H,36,41)(H,37,39). The second-order valence-corrected chi connectivity index (χ2v) is 13.5. The minimum Gasteiger partial charge on any atom is -0.444 e. The highest BCUT2D eigenvalue weighted by Gasteiger charge is 2.37. The van der Waals surface area contributed by atoms with Crippen LogP contribution in [0, 0.1) is 20.8 Å². The number of thioether (sulfide) groups is 1. The minimum absolute atomic E-state index is 0.314. The molecule has 0 bridgehead atoms. The summed E-state index contributed by atoms with van der Waals surface area (Å²) in [7, 11) is 0. The van der Waals surface area contributed by atoms with E-state index in [4.69, 9.17) is 16.3 Å². The van der Waals surface area contributed by atoms with Gasteiger partial charge in [0.15, 0.2) is 0 Å². The monoisotopic (exact) mass is 631 g/mol. The molecule has 0 saturated carbocycles. The summed E-state index contributed by atoms with van der Waals surface area (Å²) in [6, 6.07) is 9.54. The molecule has 2 atom stereocenters. The summed E-state index contributed by atoms with van der Waals surface area (Å²) >= 11 is 8.10. The molecule has 0 heterocycles. The fourth-order valence-electron chi connectivity index (χ4n) is 4.96. The highest BCUT2D eigenvalue weighted by atomic mass is 35.5. The lowest BCUT2D eigenvalue weighted by Crippen LogP contribution is -2.53. The van der Waals surface area contributed by atoms with Crippen LogP contribution in [-0.2, 0) is 14.3 Å². The lowest BCUT2D eigenvalue weighted by atomic mass is 9.95. The number of halogens is 1. The molecule has 43 heavy (non-hydrogen) atoms. The summed E-state index contributed by atoms with van der Waals surface area (Å²) in [6.07, 6.45) is 6.61. The van der Waals surface area contributed by atoms with Gasteiger partial charge in [0.05, 0.1) is 10.7 Å². The lowest BCUT2D eigenvalue weighted by molar-refractivity contribution is -0.141. The SMILES string of the molecule is CCCCCCCN(C(=O)C(CCSC)NC(=O)OC(C)(C)C)C(C(=O)Nc1c(C)cccc1Cl)c1ccc(C)cc1C. The highest BCUT2D eigenvalue weighted by molar-refractivity contribution is 7.98. The molecule has 2 aromatic rings. The highest BCUT2D eigenvalue weighted by Crippen LogP contribution is 2.31. The third kappa shape index (κ3) is 11.7. The molecule has 2 rings (SSSR count). The molecule has 2 N–H and O–H groups in total. The number of benzene rings is 2. The fourth-order valence-corrected chi connectivity index (χ4v) is 5.70. The van der Waals surface area contributed by atoms with E-state index in [1.807, 2.05) is 57.4 Å². The van der Waals surface area contributed by atoms with Gasteiger partial charge in [0.25, 0.3) is 5.91 Å². The topological polar surface area (TPSA) is 87.7 Å². The Balaban J connectivity index is 2.61. The summed E-state index contributed by atoms with van der Waals surface area (Å²) < 4.78 is 5.51. The molecule has 3 amide bonds. The number of amides is 3. The normalized spacial score (nSPS) is 12.8. The summed E-state index contributed by atoms with van der Waals surface area (Å²) in [5.41, 5.74) is 3.32. The van der Waals surface area contributed by atoms with Crippen molar-refractivity contribution in [3.63, 3.8) is 0 Å². The van der Waals surface area contributed by atoms with Crippen molar-refractivity contribution in [2.24, 2.45) is 0 Å². The first-order valence-electron chi connectivity index (χ1n) is 15.2. The van der Waals surface area contributed by atoms with Gasteiger partial charge in [0.2, 0.25) is 5.91 Å². The van der Waals surface area contributed by atoms with Crippen molar-refractivity contribution >= 4 is 47.0 Å². The number of hydrogen-bond acceptors (Lipinski definition) is 5. The summed E-state index contributed by atoms with van der Waals surface area (Å²) in [5, 5.41) is 6.28. The van der Waals surface area contributed by atoms with E-state index in [1.54, 1.807) is 43.5 Å². The Hall–Kier alpha value is -2.71. The zero-order valence-electron chi connectivity index (χ0n) is 27.1. The lowest BCUT2D eigenvalue weighted by Gasteiger charge is -2.35. The molecule has 7 nitrogen and oxygen atoms in total. The number of carbonyl (C=O) groups is 3. The molecule has 0 fully saturated rings. The number of hydrogen-bond donors (Lipinski definition) is 2. The van der Waals surface area contributed by atoms with E-state index in [2.05, 4.69) is 17.6 Å². The molecule has 0 aliphatic rings. The van der Waals surface area contributed by atoms with Crippen LogP contribution in [0.3, 0.4) is 0 Å². The number of anilines is 1. The third-order valence-corrected chi connectivity index (χ3v) is 8.09. The van der Waals surface area contributed by atoms with Crippen molar-refractivity contribution in [2.45, 2.75) is 105 Å². The van der Waals surface area contributed by atoms with Gasteiger partial charge >= 0.3 is 6.09 Å². The molecule has 9 heteroatoms. The van der Waals surface area contributed by atoms with Crippen LogP contribution in [0.1, 0.15) is 94.5 Å². The van der Waals surface area contributed by atoms with Crippen LogP contribution in [0.5, 0.6) is 0 Å². The van der Waals surface area contributed by atoms with Crippen LogP contribution in [0.15, 0.2) is 36.4 Å². The van der Waals surface area contributed by atoms with E-state index < -0.39 is 23.8 Å². The Bertz CT molecular complexity index is 1210. The van der Waals surface area contributed by atoms with Gasteiger partial charge < -0.3 is 20.3 Å². The molecule has 0 spiro atoms. The van der Waals surface area contributed by atoms with Gasteiger partial charge in [-0.3, -0.25) is 9.59 Å². The van der Waals surface area contributed by atoms with Gasteiger partial charge in [-0.2, -0.15) is 11.8 Å². The van der Waals surface area contributed by atoms with E-state index >= 15 is 0 Å². The van der Waals surface area contributed by atoms with Crippen molar-refractivity contribution in [3.8, 4) is 0 Å². The molecular weight excluding hydrogens is 582 g/mol. The van der Waals surface area contributed by atoms with Gasteiger partial charge in [-0.15, -0.1) is 0 Å². The maximum absolute atomic E-state index is 14.5. The summed E-state index contributed by atoms with van der Waals surface area (Å²) in [5.74, 6) is -0.0205. The van der Waals surface area contributed by atoms with E-state index in [0.717, 1.165) is 54.4 Å². The zero-order valence-corrected chi connectivity index (χ0v) is 28.7. The Kier molecular flexibility index (Phi) is 14.9. The number of para-hydroxylation sites is 1. The van der Waals surface area contributed by atoms with Crippen molar-refractivity contribution in [2.75, 3.05) is 23.9 Å². The molecule has 2 unspecified atom stereocenters. The average Bonchev–Trinajstić information content (AvgIpc) is 2.91. The minimum atomic E-state index is -0.938. The zero-order chi connectivity index (χ0) is 32.2. The van der Waals surface area contributed by atoms with E-state index in [0.29, 0.717) is 29.4 Å². The van der Waals surface area contributed by atoms with Gasteiger partial charge in [-0.1, -0.05) is 80.1 Å². The predicted molar refractivity (Wildman–Crippen MR) is 180 cm³/mol. The maximum atomic E-state index is 14.5. The van der Waals surface area contributed by atoms with Gasteiger partial charge in [0.1, 0.15) is 17.7 Å². The Labute approximate surface area is 267 Å². The van der Waals surface area contributed by atoms with Crippen molar-refractivity contribution in [3.05, 3.63) is 63.7 Å². The number of alkyl carbamates (subject to hydrolysis) is 1. The first-order chi connectivity index (χ1) is 20.3. The molecule has 0 saturated heterocycles. The van der Waals surface area contributed by atoms with E-state index in [1.165, 1.54) is 0 Å². The molecule has 0 aromatic heterocycles. The molecule has 0 aliphatic heterocycles. The predicted octanol–water partition coefficient (Wildman–Crippen LogP) is 8.39. The van der Waals surface area contributed by atoms with Gasteiger partial charge in [-0.25, -0.2) is 4.79 Å². The summed E-state index contributed by atoms with van der Waals surface area (Å²) in [6.45, 7) is 13.7. The van der Waals surface area contributed by atoms with Gasteiger partial charge in [-0.05, 0) is 89.1 Å². The van der Waals surface area contributed by atoms with Crippen LogP contribution >= 0.6 is 23.4 Å². The van der Waals surface area contributed by atoms with Crippen LogP contribution in [0.25, 0.3) is 0 Å². The number of nitrogens with one attached hydrogen (secondary N) is 2. The molecular formula is C34H50ClN3O4S. The second-order valence-electron chi connectivity index (χ2n) is 12.1. The van der Waals surface area contributed by atoms with Crippen LogP contribution in [0.2, 0.25) is 5.02 Å². The number of aryl methyl sites for hydroxylation is 3. The number of carbonyl (C=O) groups excluding carboxylic acids is 3. The Morgan fingerprint density at radius 2 is 1.70 bits per heavy atom. The van der Waals surface area contributed by atoms with E-state index in [-0.39, 0.29) is 11.8 Å². The fraction of sp³-hybridized carbons (Fsp3) is 0.559. The van der Waals surface area contributed by atoms with Crippen LogP contribution < -0.4 is 10.6 Å². The Morgan fingerprint density at radius 3 is 2.30 bits per heavy atom. The quantitative estimate of drug-likeness (QED) is 0.193. The molecule has 0 radical (unpaired) electrons. The van der Waals surface area contributed by atoms with E-state index in [9.17, 15) is 14.4 Å². The largest absolute Gasteiger partial charge is 0.444 e. The Morgan fingerprint density at radius 1 is 1.00 bits per heavy atom. The number of unbranched alkanes of at least 4 members (excludes halogenated alkanes) is 4. The average molecular weight is 632 g/mol. The van der Waals surface area contributed by atoms with Crippen molar-refractivity contribution < 1.29 is 19.1 Å². The third-order valence-electron chi connectivity index (χ3n) is 7.14. The number of rotatable bonds is 15. The second kappa shape index (κ2) is 17.6. The number of ether oxygens (including phenoxy) is 1. The smallest absolute Gasteiger partial charge is 0.408 e. The number of nitrogens with zero attached hydrogens (tertiary/aromatic N) is 1. The van der Waals surface area contributed by atoms with Crippen LogP contribution in [-0.4, -0.2) is 53.0 Å². The first-order valence-corrected chi connectivity index (χ1v) is 17.0. The molecule has 2 aromatic carbocycles. The van der Waals surface area contributed by atoms with Crippen molar-refractivity contribution in [1.29, 1.82) is 0 Å². The first kappa shape index (κ1) is 36.5. The van der Waals surface area contributed by atoms with Gasteiger partial charge in [0, 0.05) is 6.54 Å². The van der Waals surface area contributed by atoms with Crippen LogP contribution in [0.4, 0.5) is 10.5 Å². The molecule has 238 valence electrons.